The Balaban J connectivity index is 1.68. The number of aryl methyl sites for hydroxylation is 12. The fourth-order valence-corrected chi connectivity index (χ4v) is 17.3. The molecule has 0 aromatic heterocycles. The van der Waals surface area contributed by atoms with Crippen LogP contribution in [0.3, 0.4) is 0 Å². The Morgan fingerprint density at radius 2 is 0.446 bits per heavy atom. The summed E-state index contributed by atoms with van der Waals surface area (Å²) in [5.41, 5.74) is 8.64. The molecule has 0 atom stereocenters. The molecule has 0 spiro atoms. The molecule has 0 N–H and O–H groups in total. The van der Waals surface area contributed by atoms with Crippen LogP contribution in [0.4, 0.5) is 0 Å². The largest absolute Gasteiger partial charge is 0.243 e. The molecule has 0 bridgehead atoms. The van der Waals surface area contributed by atoms with Gasteiger partial charge in [-0.05, 0) is 147 Å². The van der Waals surface area contributed by atoms with Crippen molar-refractivity contribution in [3.05, 3.63) is 115 Å². The fraction of sp³-hybridized carbons (Fsp3) is 0.510. The third-order valence-corrected chi connectivity index (χ3v) is 20.9. The Hall–Kier alpha value is -3.48. The van der Waals surface area contributed by atoms with E-state index in [4.69, 9.17) is 0 Å². The molecule has 4 aromatic carbocycles. The first-order valence-electron chi connectivity index (χ1n) is 22.4. The molecule has 12 nitrogen and oxygen atoms in total. The predicted molar refractivity (Wildman–Crippen MR) is 263 cm³/mol. The third-order valence-electron chi connectivity index (χ3n) is 12.0. The molecule has 360 valence electrons. The van der Waals surface area contributed by atoms with Gasteiger partial charge >= 0.3 is 0 Å². The first kappa shape index (κ1) is 54.1. The number of hydrogen-bond acceptors (Lipinski definition) is 8. The lowest BCUT2D eigenvalue weighted by Crippen LogP contribution is -2.40. The molecule has 0 heterocycles. The number of benzene rings is 4. The number of rotatable bonds is 22. The van der Waals surface area contributed by atoms with E-state index in [9.17, 15) is 33.7 Å². The fourth-order valence-electron chi connectivity index (χ4n) is 9.68. The van der Waals surface area contributed by atoms with Gasteiger partial charge in [0.25, 0.3) is 0 Å². The highest BCUT2D eigenvalue weighted by Gasteiger charge is 2.33. The van der Waals surface area contributed by atoms with E-state index in [0.717, 1.165) is 22.3 Å². The van der Waals surface area contributed by atoms with Crippen molar-refractivity contribution in [2.45, 2.75) is 136 Å². The van der Waals surface area contributed by atoms with Gasteiger partial charge in [0, 0.05) is 52.4 Å². The van der Waals surface area contributed by atoms with E-state index in [-0.39, 0.29) is 91.2 Å². The summed E-state index contributed by atoms with van der Waals surface area (Å²) in [4.78, 5) is 0.843. The second-order valence-corrected chi connectivity index (χ2v) is 25.3. The van der Waals surface area contributed by atoms with Crippen LogP contribution in [0, 0.1) is 83.1 Å². The monoisotopic (exact) mass is 972 g/mol. The standard InChI is InChI=1S/C49H72N4O8S4/c1-15-50(62(54,55)46-38(7)26-34(3)27-39(46)8)20-17-22-52(64(58,59)48-42(11)30-36(5)31-43(48)12)24-19-25-53(65(60,61)49-44(13)32-37(6)33-45(49)14)23-18-21-51(16-2)63(56,57)47-40(9)28-35(4)29-41(47)10/h26-33H,15-25H2,1-14H3. The molecular weight excluding hydrogens is 901 g/mol. The highest BCUT2D eigenvalue weighted by atomic mass is 32.2. The Kier molecular flexibility index (Phi) is 18.0. The van der Waals surface area contributed by atoms with E-state index in [0.29, 0.717) is 44.5 Å². The lowest BCUT2D eigenvalue weighted by Gasteiger charge is -2.29. The van der Waals surface area contributed by atoms with Crippen molar-refractivity contribution in [1.82, 2.24) is 17.2 Å². The van der Waals surface area contributed by atoms with Crippen LogP contribution in [-0.2, 0) is 40.1 Å². The lowest BCUT2D eigenvalue weighted by molar-refractivity contribution is 0.331. The lowest BCUT2D eigenvalue weighted by atomic mass is 10.1. The zero-order valence-electron chi connectivity index (χ0n) is 41.1. The maximum absolute atomic E-state index is 14.7. The zero-order chi connectivity index (χ0) is 49.0. The van der Waals surface area contributed by atoms with Crippen LogP contribution in [0.5, 0.6) is 0 Å². The molecule has 65 heavy (non-hydrogen) atoms. The number of hydrogen-bond donors (Lipinski definition) is 0. The molecule has 0 fully saturated rings. The van der Waals surface area contributed by atoms with Crippen molar-refractivity contribution in [3.63, 3.8) is 0 Å². The van der Waals surface area contributed by atoms with Gasteiger partial charge < -0.3 is 0 Å². The normalized spacial score (nSPS) is 13.0. The summed E-state index contributed by atoms with van der Waals surface area (Å²) in [6.45, 7) is 25.6. The van der Waals surface area contributed by atoms with Crippen LogP contribution < -0.4 is 0 Å². The van der Waals surface area contributed by atoms with Gasteiger partial charge in [0.1, 0.15) is 0 Å². The number of sulfonamides is 4. The van der Waals surface area contributed by atoms with Crippen molar-refractivity contribution < 1.29 is 33.7 Å². The van der Waals surface area contributed by atoms with E-state index in [1.807, 2.05) is 76.2 Å². The van der Waals surface area contributed by atoms with Gasteiger partial charge in [0.05, 0.1) is 19.6 Å². The average molecular weight is 973 g/mol. The summed E-state index contributed by atoms with van der Waals surface area (Å²) in [5, 5.41) is 0. The summed E-state index contributed by atoms with van der Waals surface area (Å²) >= 11 is 0. The van der Waals surface area contributed by atoms with Crippen LogP contribution in [0.1, 0.15) is 99.9 Å². The van der Waals surface area contributed by atoms with E-state index in [1.54, 1.807) is 69.2 Å². The van der Waals surface area contributed by atoms with Gasteiger partial charge in [-0.25, -0.2) is 33.7 Å². The summed E-state index contributed by atoms with van der Waals surface area (Å²) in [7, 11) is -16.1. The Bertz CT molecular complexity index is 2560. The molecule has 0 aliphatic heterocycles. The minimum Gasteiger partial charge on any atom is -0.207 e. The van der Waals surface area contributed by atoms with E-state index in [1.165, 1.54) is 17.2 Å². The SMILES string of the molecule is CCN(CCCN(CCCN(CCCN(CC)S(=O)(=O)c1c(C)cc(C)cc1C)S(=O)(=O)c1c(C)cc(C)cc1C)S(=O)(=O)c1c(C)cc(C)cc1C)S(=O)(=O)c1c(C)cc(C)cc1C. The molecule has 0 saturated heterocycles. The van der Waals surface area contributed by atoms with Gasteiger partial charge in [-0.15, -0.1) is 0 Å². The molecule has 16 heteroatoms. The maximum Gasteiger partial charge on any atom is 0.243 e. The Morgan fingerprint density at radius 1 is 0.292 bits per heavy atom. The van der Waals surface area contributed by atoms with Crippen molar-refractivity contribution in [1.29, 1.82) is 0 Å². The van der Waals surface area contributed by atoms with Gasteiger partial charge in [-0.1, -0.05) is 84.6 Å². The number of nitrogens with zero attached hydrogens (tertiary/aromatic N) is 4. The van der Waals surface area contributed by atoms with Crippen LogP contribution >= 0.6 is 0 Å². The summed E-state index contributed by atoms with van der Waals surface area (Å²) < 4.78 is 121. The van der Waals surface area contributed by atoms with E-state index >= 15 is 0 Å². The smallest absolute Gasteiger partial charge is 0.207 e. The maximum atomic E-state index is 14.7. The first-order chi connectivity index (χ1) is 30.1. The van der Waals surface area contributed by atoms with Crippen LogP contribution in [0.2, 0.25) is 0 Å². The Morgan fingerprint density at radius 3 is 0.615 bits per heavy atom. The highest BCUT2D eigenvalue weighted by molar-refractivity contribution is 7.90. The van der Waals surface area contributed by atoms with Gasteiger partial charge in [0.2, 0.25) is 40.1 Å². The van der Waals surface area contributed by atoms with Crippen molar-refractivity contribution >= 4 is 40.1 Å². The van der Waals surface area contributed by atoms with E-state index in [2.05, 4.69) is 0 Å². The molecule has 0 saturated carbocycles. The first-order valence-corrected chi connectivity index (χ1v) is 28.2. The van der Waals surface area contributed by atoms with Crippen molar-refractivity contribution in [2.75, 3.05) is 52.4 Å². The minimum atomic E-state index is -4.15. The van der Waals surface area contributed by atoms with Gasteiger partial charge in [-0.2, -0.15) is 17.2 Å². The summed E-state index contributed by atoms with van der Waals surface area (Å²) in [5.74, 6) is 0. The summed E-state index contributed by atoms with van der Waals surface area (Å²) in [6.07, 6.45) is 0.484. The van der Waals surface area contributed by atoms with Crippen molar-refractivity contribution in [3.8, 4) is 0 Å². The van der Waals surface area contributed by atoms with Gasteiger partial charge in [0.15, 0.2) is 0 Å². The summed E-state index contributed by atoms with van der Waals surface area (Å²) in [6, 6.07) is 14.6. The second kappa shape index (κ2) is 21.6. The predicted octanol–water partition coefficient (Wildman–Crippen LogP) is 8.66. The molecule has 4 rings (SSSR count). The molecule has 0 aliphatic carbocycles. The van der Waals surface area contributed by atoms with E-state index < -0.39 is 40.1 Å². The highest BCUT2D eigenvalue weighted by Crippen LogP contribution is 2.30. The molecule has 4 aromatic rings. The molecule has 0 aliphatic rings. The molecule has 0 amide bonds. The topological polar surface area (TPSA) is 150 Å². The second-order valence-electron chi connectivity index (χ2n) is 17.8. The molecule has 0 radical (unpaired) electrons. The Labute approximate surface area is 392 Å². The zero-order valence-corrected chi connectivity index (χ0v) is 44.4. The molecular formula is C49H72N4O8S4. The molecule has 0 unspecified atom stereocenters. The van der Waals surface area contributed by atoms with Crippen molar-refractivity contribution in [2.24, 2.45) is 0 Å². The van der Waals surface area contributed by atoms with Gasteiger partial charge in [-0.3, -0.25) is 0 Å². The quantitative estimate of drug-likeness (QED) is 0.0760. The van der Waals surface area contributed by atoms with Crippen LogP contribution in [0.25, 0.3) is 0 Å². The van der Waals surface area contributed by atoms with Crippen LogP contribution in [-0.4, -0.2) is 103 Å². The third kappa shape index (κ3) is 12.2. The average Bonchev–Trinajstić information content (AvgIpc) is 3.14. The minimum absolute atomic E-state index is 0.0168. The van der Waals surface area contributed by atoms with Crippen LogP contribution in [0.15, 0.2) is 68.1 Å².